The number of rotatable bonds is 6. The third-order valence-electron chi connectivity index (χ3n) is 5.81. The summed E-state index contributed by atoms with van der Waals surface area (Å²) in [6, 6.07) is 12.1. The minimum absolute atomic E-state index is 0.328. The van der Waals surface area contributed by atoms with Crippen LogP contribution in [-0.4, -0.2) is 36.5 Å². The van der Waals surface area contributed by atoms with Crippen LogP contribution in [0.3, 0.4) is 0 Å². The Morgan fingerprint density at radius 3 is 2.64 bits per heavy atom. The van der Waals surface area contributed by atoms with Crippen LogP contribution in [0.1, 0.15) is 25.8 Å². The van der Waals surface area contributed by atoms with E-state index in [1.165, 1.54) is 0 Å². The van der Waals surface area contributed by atoms with Crippen LogP contribution in [0.5, 0.6) is 11.5 Å². The van der Waals surface area contributed by atoms with Gasteiger partial charge in [0.2, 0.25) is 0 Å². The van der Waals surface area contributed by atoms with Crippen molar-refractivity contribution in [2.45, 2.75) is 26.3 Å². The molecule has 1 aliphatic carbocycles. The fourth-order valence-electron chi connectivity index (χ4n) is 3.99. The minimum atomic E-state index is -0.389. The number of fused-ring (bicyclic) bond motifs is 3. The topological polar surface area (TPSA) is 93.0 Å². The second kappa shape index (κ2) is 8.38. The highest BCUT2D eigenvalue weighted by Gasteiger charge is 2.33. The highest BCUT2D eigenvalue weighted by molar-refractivity contribution is 6.18. The summed E-state index contributed by atoms with van der Waals surface area (Å²) in [5, 5.41) is 25.5. The standard InChI is InChI=1S/C25H25N4O4/c1-15(2)10-11-33-23-9-8-16(12-24(23)32-3)25-26-17-13-21-22(14-18(17)27-25)29(31)20-7-5-4-6-19(20)28(21)30/h4-9,12-15,17,30H,10-11H2,1-3H3/q-1. The van der Waals surface area contributed by atoms with E-state index in [9.17, 15) is 10.4 Å². The van der Waals surface area contributed by atoms with Gasteiger partial charge in [-0.05, 0) is 54.8 Å². The number of anilines is 2. The van der Waals surface area contributed by atoms with Gasteiger partial charge < -0.3 is 19.7 Å². The van der Waals surface area contributed by atoms with E-state index >= 15 is 0 Å². The molecule has 0 spiro atoms. The van der Waals surface area contributed by atoms with Crippen molar-refractivity contribution in [1.29, 1.82) is 0 Å². The maximum absolute atomic E-state index is 12.9. The van der Waals surface area contributed by atoms with E-state index in [1.807, 2.05) is 18.2 Å². The molecule has 0 bridgehead atoms. The molecule has 0 saturated carbocycles. The lowest BCUT2D eigenvalue weighted by molar-refractivity contribution is 0.273. The zero-order chi connectivity index (χ0) is 23.1. The Bertz CT molecular complexity index is 1210. The van der Waals surface area contributed by atoms with Gasteiger partial charge in [0.1, 0.15) is 6.04 Å². The largest absolute Gasteiger partial charge is 0.754 e. The first-order valence-electron chi connectivity index (χ1n) is 10.9. The SMILES string of the molecule is COc1cc(C2=NC3C=C4C(=CC3=N2)N([O-])c2ccccc2N4O)ccc1OCCC(C)C. The number of ether oxygens (including phenoxy) is 2. The third-order valence-corrected chi connectivity index (χ3v) is 5.81. The predicted octanol–water partition coefficient (Wildman–Crippen LogP) is 4.68. The molecule has 33 heavy (non-hydrogen) atoms. The number of para-hydroxylation sites is 2. The van der Waals surface area contributed by atoms with Gasteiger partial charge in [0.25, 0.3) is 0 Å². The third kappa shape index (κ3) is 3.77. The van der Waals surface area contributed by atoms with Crippen molar-refractivity contribution in [3.63, 3.8) is 0 Å². The number of hydroxylamine groups is 2. The number of methoxy groups -OCH3 is 1. The Balaban J connectivity index is 1.44. The summed E-state index contributed by atoms with van der Waals surface area (Å²) in [6.07, 6.45) is 4.39. The van der Waals surface area contributed by atoms with Crippen LogP contribution < -0.4 is 19.6 Å². The molecule has 2 aromatic rings. The van der Waals surface area contributed by atoms with Crippen LogP contribution in [0.4, 0.5) is 11.4 Å². The smallest absolute Gasteiger partial charge is 0.161 e. The van der Waals surface area contributed by atoms with E-state index in [0.717, 1.165) is 22.1 Å². The Hall–Kier alpha value is -3.62. The highest BCUT2D eigenvalue weighted by atomic mass is 16.5. The Labute approximate surface area is 192 Å². The highest BCUT2D eigenvalue weighted by Crippen LogP contribution is 2.42. The molecule has 0 saturated heterocycles. The molecule has 2 aliphatic heterocycles. The van der Waals surface area contributed by atoms with Gasteiger partial charge in [-0.15, -0.1) is 0 Å². The first-order valence-corrected chi connectivity index (χ1v) is 10.9. The summed E-state index contributed by atoms with van der Waals surface area (Å²) in [5.41, 5.74) is 2.95. The van der Waals surface area contributed by atoms with Crippen molar-refractivity contribution >= 4 is 22.9 Å². The number of aliphatic imine (C=N–C) groups is 2. The molecule has 0 aromatic heterocycles. The second-order valence-corrected chi connectivity index (χ2v) is 8.51. The van der Waals surface area contributed by atoms with Crippen molar-refractivity contribution in [2.75, 3.05) is 23.8 Å². The van der Waals surface area contributed by atoms with Crippen molar-refractivity contribution in [3.05, 3.63) is 76.8 Å². The number of benzene rings is 2. The van der Waals surface area contributed by atoms with Gasteiger partial charge in [-0.2, -0.15) is 0 Å². The maximum atomic E-state index is 12.9. The summed E-state index contributed by atoms with van der Waals surface area (Å²) in [7, 11) is 1.60. The summed E-state index contributed by atoms with van der Waals surface area (Å²) in [5.74, 6) is 2.38. The molecule has 0 fully saturated rings. The van der Waals surface area contributed by atoms with E-state index < -0.39 is 0 Å². The van der Waals surface area contributed by atoms with Gasteiger partial charge in [0, 0.05) is 5.56 Å². The molecular weight excluding hydrogens is 420 g/mol. The average molecular weight is 445 g/mol. The quantitative estimate of drug-likeness (QED) is 0.694. The molecule has 3 aliphatic rings. The van der Waals surface area contributed by atoms with Crippen LogP contribution in [0, 0.1) is 11.1 Å². The molecule has 2 heterocycles. The van der Waals surface area contributed by atoms with E-state index in [-0.39, 0.29) is 6.04 Å². The molecule has 1 atom stereocenters. The molecule has 1 unspecified atom stereocenters. The zero-order valence-corrected chi connectivity index (χ0v) is 18.7. The summed E-state index contributed by atoms with van der Waals surface area (Å²) in [4.78, 5) is 9.38. The van der Waals surface area contributed by atoms with Crippen LogP contribution >= 0.6 is 0 Å². The Morgan fingerprint density at radius 1 is 1.09 bits per heavy atom. The molecule has 8 heteroatoms. The lowest BCUT2D eigenvalue weighted by Crippen LogP contribution is -2.36. The van der Waals surface area contributed by atoms with Crippen LogP contribution in [0.15, 0.2) is 76.0 Å². The molecule has 0 amide bonds. The van der Waals surface area contributed by atoms with Crippen LogP contribution in [0.2, 0.25) is 0 Å². The lowest BCUT2D eigenvalue weighted by Gasteiger charge is -2.44. The molecule has 0 radical (unpaired) electrons. The molecule has 5 rings (SSSR count). The minimum Gasteiger partial charge on any atom is -0.754 e. The van der Waals surface area contributed by atoms with E-state index in [1.54, 1.807) is 43.5 Å². The summed E-state index contributed by atoms with van der Waals surface area (Å²) >= 11 is 0. The first-order chi connectivity index (χ1) is 16.0. The molecule has 2 aromatic carbocycles. The molecule has 1 N–H and O–H groups in total. The van der Waals surface area contributed by atoms with Crippen molar-refractivity contribution in [3.8, 4) is 11.5 Å². The van der Waals surface area contributed by atoms with Crippen molar-refractivity contribution in [2.24, 2.45) is 15.9 Å². The van der Waals surface area contributed by atoms with Gasteiger partial charge in [-0.25, -0.2) is 10.1 Å². The van der Waals surface area contributed by atoms with Crippen molar-refractivity contribution in [1.82, 2.24) is 0 Å². The molecule has 170 valence electrons. The van der Waals surface area contributed by atoms with E-state index in [4.69, 9.17) is 14.5 Å². The van der Waals surface area contributed by atoms with E-state index in [2.05, 4.69) is 18.8 Å². The number of nitrogens with zero attached hydrogens (tertiary/aromatic N) is 4. The Kier molecular flexibility index (Phi) is 5.39. The van der Waals surface area contributed by atoms with Gasteiger partial charge in [-0.1, -0.05) is 26.0 Å². The van der Waals surface area contributed by atoms with E-state index in [0.29, 0.717) is 58.3 Å². The maximum Gasteiger partial charge on any atom is 0.161 e. The summed E-state index contributed by atoms with van der Waals surface area (Å²) < 4.78 is 11.4. The monoisotopic (exact) mass is 445 g/mol. The van der Waals surface area contributed by atoms with Crippen LogP contribution in [0.25, 0.3) is 0 Å². The van der Waals surface area contributed by atoms with Gasteiger partial charge in [-0.3, -0.25) is 10.2 Å². The number of hydrogen-bond acceptors (Lipinski definition) is 8. The second-order valence-electron chi connectivity index (χ2n) is 8.51. The molecular formula is C25H25N4O4-. The van der Waals surface area contributed by atoms with Gasteiger partial charge in [0.15, 0.2) is 17.3 Å². The van der Waals surface area contributed by atoms with Gasteiger partial charge >= 0.3 is 0 Å². The lowest BCUT2D eigenvalue weighted by atomic mass is 10.00. The normalized spacial score (nSPS) is 18.7. The first kappa shape index (κ1) is 21.2. The number of amidine groups is 1. The van der Waals surface area contributed by atoms with Crippen LogP contribution in [-0.2, 0) is 0 Å². The predicted molar refractivity (Wildman–Crippen MR) is 128 cm³/mol. The number of hydrogen-bond donors (Lipinski definition) is 1. The van der Waals surface area contributed by atoms with Gasteiger partial charge in [0.05, 0.1) is 42.2 Å². The fourth-order valence-corrected chi connectivity index (χ4v) is 3.99. The molecule has 8 nitrogen and oxygen atoms in total. The van der Waals surface area contributed by atoms with Crippen molar-refractivity contribution < 1.29 is 14.7 Å². The fraction of sp³-hybridized carbons (Fsp3) is 0.280. The summed E-state index contributed by atoms with van der Waals surface area (Å²) in [6.45, 7) is 4.93. The Morgan fingerprint density at radius 2 is 1.88 bits per heavy atom. The zero-order valence-electron chi connectivity index (χ0n) is 18.7. The average Bonchev–Trinajstić information content (AvgIpc) is 3.24.